The third-order valence-corrected chi connectivity index (χ3v) is 6.20. The molecule has 0 saturated heterocycles. The number of aromatic nitrogens is 2. The summed E-state index contributed by atoms with van der Waals surface area (Å²) in [5.41, 5.74) is 1.04. The van der Waals surface area contributed by atoms with Crippen LogP contribution in [0.3, 0.4) is 0 Å². The number of hydrogen-bond donors (Lipinski definition) is 1. The molecule has 0 spiro atoms. The van der Waals surface area contributed by atoms with Gasteiger partial charge < -0.3 is 9.72 Å². The molecule has 134 valence electrons. The average molecular weight is 409 g/mol. The number of esters is 1. The van der Waals surface area contributed by atoms with Gasteiger partial charge in [0.15, 0.2) is 0 Å². The monoisotopic (exact) mass is 408 g/mol. The molecule has 3 aromatic rings. The number of thiophene rings is 1. The second-order valence-electron chi connectivity index (χ2n) is 6.08. The number of aromatic amines is 1. The zero-order valence-electron chi connectivity index (χ0n) is 13.6. The summed E-state index contributed by atoms with van der Waals surface area (Å²) >= 11 is 13.6. The summed E-state index contributed by atoms with van der Waals surface area (Å²) in [6.07, 6.45) is 4.14. The van der Waals surface area contributed by atoms with E-state index in [1.807, 2.05) is 0 Å². The van der Waals surface area contributed by atoms with E-state index in [9.17, 15) is 9.59 Å². The predicted molar refractivity (Wildman–Crippen MR) is 102 cm³/mol. The van der Waals surface area contributed by atoms with Gasteiger partial charge >= 0.3 is 5.97 Å². The Hall–Kier alpha value is -1.89. The Morgan fingerprint density at radius 2 is 1.96 bits per heavy atom. The highest BCUT2D eigenvalue weighted by molar-refractivity contribution is 7.18. The van der Waals surface area contributed by atoms with Gasteiger partial charge in [0.25, 0.3) is 5.56 Å². The maximum Gasteiger partial charge on any atom is 0.341 e. The van der Waals surface area contributed by atoms with Crippen LogP contribution in [0.25, 0.3) is 10.2 Å². The molecule has 4 rings (SSSR count). The molecular formula is C18H14Cl2N2O3S. The van der Waals surface area contributed by atoms with Crippen molar-refractivity contribution in [2.75, 3.05) is 0 Å². The van der Waals surface area contributed by atoms with Gasteiger partial charge in [0.2, 0.25) is 0 Å². The molecule has 0 bridgehead atoms. The summed E-state index contributed by atoms with van der Waals surface area (Å²) in [6.45, 7) is -0.159. The highest BCUT2D eigenvalue weighted by Crippen LogP contribution is 2.33. The van der Waals surface area contributed by atoms with E-state index in [1.54, 1.807) is 29.5 Å². The van der Waals surface area contributed by atoms with E-state index >= 15 is 0 Å². The molecule has 0 amide bonds. The Bertz CT molecular complexity index is 1050. The van der Waals surface area contributed by atoms with Crippen molar-refractivity contribution >= 4 is 50.7 Å². The van der Waals surface area contributed by atoms with E-state index in [4.69, 9.17) is 27.9 Å². The standard InChI is InChI=1S/C18H14Cl2N2O3S/c19-10-5-3-6-11(20)15(10)18(24)25-8-13-21-16(23)14-9-4-1-2-7-12(9)26-17(14)22-13/h3,5-6H,1-2,4,7-8H2,(H,21,22,23). The van der Waals surface area contributed by atoms with E-state index < -0.39 is 5.97 Å². The SMILES string of the molecule is O=C(OCc1nc2sc3c(c2c(=O)[nH]1)CCCC3)c1c(Cl)cccc1Cl. The zero-order valence-corrected chi connectivity index (χ0v) is 15.9. The van der Waals surface area contributed by atoms with Gasteiger partial charge in [-0.2, -0.15) is 0 Å². The third kappa shape index (κ3) is 3.13. The fourth-order valence-corrected chi connectivity index (χ4v) is 5.01. The summed E-state index contributed by atoms with van der Waals surface area (Å²) in [5.74, 6) is -0.355. The molecule has 0 radical (unpaired) electrons. The molecule has 0 fully saturated rings. The van der Waals surface area contributed by atoms with Gasteiger partial charge in [-0.25, -0.2) is 9.78 Å². The molecule has 1 N–H and O–H groups in total. The maximum absolute atomic E-state index is 12.5. The number of aryl methyl sites for hydroxylation is 2. The minimum Gasteiger partial charge on any atom is -0.454 e. The topological polar surface area (TPSA) is 72.0 Å². The Morgan fingerprint density at radius 3 is 2.73 bits per heavy atom. The summed E-state index contributed by atoms with van der Waals surface area (Å²) in [5, 5.41) is 1.10. The number of nitrogens with one attached hydrogen (secondary N) is 1. The van der Waals surface area contributed by atoms with Crippen molar-refractivity contribution in [3.05, 3.63) is 60.4 Å². The molecule has 1 aromatic carbocycles. The fraction of sp³-hybridized carbons (Fsp3) is 0.278. The normalized spacial score (nSPS) is 13.6. The Morgan fingerprint density at radius 1 is 1.23 bits per heavy atom. The molecule has 1 aliphatic carbocycles. The lowest BCUT2D eigenvalue weighted by Gasteiger charge is -2.09. The van der Waals surface area contributed by atoms with Crippen molar-refractivity contribution in [3.8, 4) is 0 Å². The quantitative estimate of drug-likeness (QED) is 0.646. The number of benzene rings is 1. The van der Waals surface area contributed by atoms with Gasteiger partial charge in [0.05, 0.1) is 21.0 Å². The first-order valence-electron chi connectivity index (χ1n) is 8.19. The molecule has 0 atom stereocenters. The molecule has 2 aromatic heterocycles. The van der Waals surface area contributed by atoms with Crippen LogP contribution >= 0.6 is 34.5 Å². The van der Waals surface area contributed by atoms with Crippen LogP contribution in [0.2, 0.25) is 10.0 Å². The number of fused-ring (bicyclic) bond motifs is 3. The summed E-state index contributed by atoms with van der Waals surface area (Å²) in [7, 11) is 0. The summed E-state index contributed by atoms with van der Waals surface area (Å²) in [4.78, 5) is 33.9. The van der Waals surface area contributed by atoms with Gasteiger partial charge in [-0.05, 0) is 43.4 Å². The minimum absolute atomic E-state index is 0.103. The Balaban J connectivity index is 1.60. The Kier molecular flexibility index (Phi) is 4.73. The van der Waals surface area contributed by atoms with Crippen LogP contribution in [0.5, 0.6) is 0 Å². The largest absolute Gasteiger partial charge is 0.454 e. The van der Waals surface area contributed by atoms with Crippen molar-refractivity contribution in [1.82, 2.24) is 9.97 Å². The highest BCUT2D eigenvalue weighted by Gasteiger charge is 2.21. The van der Waals surface area contributed by atoms with Crippen LogP contribution in [0.15, 0.2) is 23.0 Å². The molecule has 0 aliphatic heterocycles. The van der Waals surface area contributed by atoms with Crippen LogP contribution < -0.4 is 5.56 Å². The summed E-state index contributed by atoms with van der Waals surface area (Å²) < 4.78 is 5.25. The first-order valence-corrected chi connectivity index (χ1v) is 9.76. The van der Waals surface area contributed by atoms with Crippen molar-refractivity contribution in [3.63, 3.8) is 0 Å². The molecule has 26 heavy (non-hydrogen) atoms. The third-order valence-electron chi connectivity index (χ3n) is 4.38. The average Bonchev–Trinajstić information content (AvgIpc) is 2.98. The molecule has 5 nitrogen and oxygen atoms in total. The number of carbonyl (C=O) groups excluding carboxylic acids is 1. The van der Waals surface area contributed by atoms with Crippen molar-refractivity contribution < 1.29 is 9.53 Å². The fourth-order valence-electron chi connectivity index (χ4n) is 3.18. The van der Waals surface area contributed by atoms with Crippen LogP contribution in [0.1, 0.15) is 39.5 Å². The smallest absolute Gasteiger partial charge is 0.341 e. The Labute approximate surface area is 162 Å². The van der Waals surface area contributed by atoms with E-state index in [0.29, 0.717) is 16.0 Å². The van der Waals surface area contributed by atoms with Crippen LogP contribution in [-0.4, -0.2) is 15.9 Å². The minimum atomic E-state index is -0.659. The van der Waals surface area contributed by atoms with E-state index in [-0.39, 0.29) is 27.8 Å². The summed E-state index contributed by atoms with van der Waals surface area (Å²) in [6, 6.07) is 4.77. The maximum atomic E-state index is 12.5. The molecular weight excluding hydrogens is 395 g/mol. The number of ether oxygens (including phenoxy) is 1. The molecule has 2 heterocycles. The number of hydrogen-bond acceptors (Lipinski definition) is 5. The van der Waals surface area contributed by atoms with Crippen molar-refractivity contribution in [1.29, 1.82) is 0 Å². The first kappa shape index (κ1) is 17.5. The second-order valence-corrected chi connectivity index (χ2v) is 7.97. The molecule has 0 saturated carbocycles. The van der Waals surface area contributed by atoms with Crippen LogP contribution in [0, 0.1) is 0 Å². The number of carbonyl (C=O) groups is 1. The zero-order chi connectivity index (χ0) is 18.3. The molecule has 0 unspecified atom stereocenters. The van der Waals surface area contributed by atoms with Crippen molar-refractivity contribution in [2.24, 2.45) is 0 Å². The first-order chi connectivity index (χ1) is 12.5. The lowest BCUT2D eigenvalue weighted by molar-refractivity contribution is 0.0463. The van der Waals surface area contributed by atoms with E-state index in [2.05, 4.69) is 9.97 Å². The van der Waals surface area contributed by atoms with Gasteiger partial charge in [0, 0.05) is 4.88 Å². The number of nitrogens with zero attached hydrogens (tertiary/aromatic N) is 1. The second kappa shape index (κ2) is 7.02. The van der Waals surface area contributed by atoms with Crippen molar-refractivity contribution in [2.45, 2.75) is 32.3 Å². The van der Waals surface area contributed by atoms with E-state index in [1.165, 1.54) is 4.88 Å². The van der Waals surface area contributed by atoms with Crippen LogP contribution in [0.4, 0.5) is 0 Å². The number of H-pyrrole nitrogens is 1. The molecule has 1 aliphatic rings. The molecule has 8 heteroatoms. The predicted octanol–water partition coefficient (Wildman–Crippen LogP) is 4.53. The van der Waals surface area contributed by atoms with Gasteiger partial charge in [-0.3, -0.25) is 4.79 Å². The number of halogens is 2. The lowest BCUT2D eigenvalue weighted by atomic mass is 9.97. The number of rotatable bonds is 3. The lowest BCUT2D eigenvalue weighted by Crippen LogP contribution is -2.15. The van der Waals surface area contributed by atoms with Gasteiger partial charge in [-0.15, -0.1) is 11.3 Å². The van der Waals surface area contributed by atoms with Gasteiger partial charge in [0.1, 0.15) is 17.3 Å². The van der Waals surface area contributed by atoms with Gasteiger partial charge in [-0.1, -0.05) is 29.3 Å². The van der Waals surface area contributed by atoms with Crippen LogP contribution in [-0.2, 0) is 24.2 Å². The highest BCUT2D eigenvalue weighted by atomic mass is 35.5. The van der Waals surface area contributed by atoms with E-state index in [0.717, 1.165) is 31.2 Å².